The summed E-state index contributed by atoms with van der Waals surface area (Å²) in [5.41, 5.74) is 3.34. The summed E-state index contributed by atoms with van der Waals surface area (Å²) < 4.78 is 2.37. The number of hydrogen-bond donors (Lipinski definition) is 1. The van der Waals surface area contributed by atoms with Gasteiger partial charge in [-0.1, -0.05) is 0 Å². The van der Waals surface area contributed by atoms with E-state index in [9.17, 15) is 4.79 Å². The van der Waals surface area contributed by atoms with Crippen LogP contribution in [0.4, 0.5) is 0 Å². The highest BCUT2D eigenvalue weighted by Gasteiger charge is 2.30. The molecule has 1 aliphatic heterocycles. The molecule has 4 nitrogen and oxygen atoms in total. The van der Waals surface area contributed by atoms with Gasteiger partial charge in [0.2, 0.25) is 0 Å². The summed E-state index contributed by atoms with van der Waals surface area (Å²) in [6.45, 7) is 7.16. The molecule has 0 aromatic carbocycles. The summed E-state index contributed by atoms with van der Waals surface area (Å²) in [6, 6.07) is 2.75. The predicted octanol–water partition coefficient (Wildman–Crippen LogP) is 2.90. The zero-order chi connectivity index (χ0) is 15.7. The third-order valence-electron chi connectivity index (χ3n) is 5.33. The van der Waals surface area contributed by atoms with Crippen LogP contribution >= 0.6 is 0 Å². The number of carbonyl (C=O) groups is 1. The zero-order valence-electron chi connectivity index (χ0n) is 14.2. The van der Waals surface area contributed by atoms with Crippen LogP contribution in [0.2, 0.25) is 0 Å². The lowest BCUT2D eigenvalue weighted by Crippen LogP contribution is -2.39. The number of hydrogen-bond acceptors (Lipinski definition) is 2. The number of likely N-dealkylation sites (tertiary alicyclic amines) is 1. The third kappa shape index (κ3) is 3.07. The van der Waals surface area contributed by atoms with Crippen molar-refractivity contribution in [1.29, 1.82) is 0 Å². The Kier molecular flexibility index (Phi) is 4.57. The molecule has 1 amide bonds. The Morgan fingerprint density at radius 2 is 1.91 bits per heavy atom. The molecule has 22 heavy (non-hydrogen) atoms. The van der Waals surface area contributed by atoms with Crippen LogP contribution in [-0.2, 0) is 0 Å². The number of rotatable bonds is 5. The second-order valence-corrected chi connectivity index (χ2v) is 7.01. The molecule has 2 fully saturated rings. The van der Waals surface area contributed by atoms with Gasteiger partial charge in [-0.15, -0.1) is 0 Å². The van der Waals surface area contributed by atoms with E-state index in [1.807, 2.05) is 7.05 Å². The predicted molar refractivity (Wildman–Crippen MR) is 89.3 cm³/mol. The largest absolute Gasteiger partial charge is 0.345 e. The van der Waals surface area contributed by atoms with Crippen LogP contribution in [-0.4, -0.2) is 42.1 Å². The summed E-state index contributed by atoms with van der Waals surface area (Å²) in [4.78, 5) is 14.9. The Morgan fingerprint density at radius 3 is 2.50 bits per heavy atom. The summed E-state index contributed by atoms with van der Waals surface area (Å²) in [7, 11) is 2.01. The maximum atomic E-state index is 12.9. The van der Waals surface area contributed by atoms with E-state index in [0.29, 0.717) is 6.04 Å². The summed E-state index contributed by atoms with van der Waals surface area (Å²) in [6.07, 6.45) is 6.06. The van der Waals surface area contributed by atoms with Crippen LogP contribution in [0.15, 0.2) is 6.07 Å². The van der Waals surface area contributed by atoms with Gasteiger partial charge in [-0.05, 0) is 71.5 Å². The molecular weight excluding hydrogens is 274 g/mol. The van der Waals surface area contributed by atoms with Gasteiger partial charge in [0.1, 0.15) is 0 Å². The van der Waals surface area contributed by atoms with E-state index in [0.717, 1.165) is 44.0 Å². The van der Waals surface area contributed by atoms with E-state index in [4.69, 9.17) is 0 Å². The molecule has 1 aromatic rings. The van der Waals surface area contributed by atoms with E-state index in [-0.39, 0.29) is 5.91 Å². The first-order chi connectivity index (χ1) is 10.6. The summed E-state index contributed by atoms with van der Waals surface area (Å²) >= 11 is 0. The summed E-state index contributed by atoms with van der Waals surface area (Å²) in [5.74, 6) is 1.02. The van der Waals surface area contributed by atoms with E-state index in [1.165, 1.54) is 30.7 Å². The van der Waals surface area contributed by atoms with Crippen molar-refractivity contribution in [3.05, 3.63) is 23.0 Å². The second-order valence-electron chi connectivity index (χ2n) is 7.01. The Labute approximate surface area is 133 Å². The fourth-order valence-electron chi connectivity index (χ4n) is 3.83. The molecule has 1 N–H and O–H groups in total. The van der Waals surface area contributed by atoms with Crippen molar-refractivity contribution in [2.45, 2.75) is 52.0 Å². The Bertz CT molecular complexity index is 537. The van der Waals surface area contributed by atoms with Crippen molar-refractivity contribution in [2.75, 3.05) is 26.7 Å². The SMILES string of the molecule is CNCCC1CCN(C(=O)c2cc(C)n(C3CC3)c2C)CC1. The van der Waals surface area contributed by atoms with E-state index in [2.05, 4.69) is 34.7 Å². The smallest absolute Gasteiger partial charge is 0.255 e. The van der Waals surface area contributed by atoms with E-state index < -0.39 is 0 Å². The van der Waals surface area contributed by atoms with Crippen LogP contribution < -0.4 is 5.32 Å². The van der Waals surface area contributed by atoms with Crippen LogP contribution in [0, 0.1) is 19.8 Å². The first-order valence-corrected chi connectivity index (χ1v) is 8.74. The highest BCUT2D eigenvalue weighted by atomic mass is 16.2. The molecule has 1 saturated carbocycles. The zero-order valence-corrected chi connectivity index (χ0v) is 14.2. The Balaban J connectivity index is 1.64. The van der Waals surface area contributed by atoms with E-state index in [1.54, 1.807) is 0 Å². The standard InChI is InChI=1S/C18H29N3O/c1-13-12-17(14(2)21(13)16-4-5-16)18(22)20-10-7-15(8-11-20)6-9-19-3/h12,15-16,19H,4-11H2,1-3H3. The molecule has 0 radical (unpaired) electrons. The van der Waals surface area contributed by atoms with Crippen molar-refractivity contribution in [3.63, 3.8) is 0 Å². The molecule has 0 atom stereocenters. The Hall–Kier alpha value is -1.29. The molecule has 3 rings (SSSR count). The number of amides is 1. The van der Waals surface area contributed by atoms with Crippen LogP contribution in [0.1, 0.15) is 59.9 Å². The topological polar surface area (TPSA) is 37.3 Å². The lowest BCUT2D eigenvalue weighted by Gasteiger charge is -2.32. The van der Waals surface area contributed by atoms with Crippen molar-refractivity contribution in [3.8, 4) is 0 Å². The lowest BCUT2D eigenvalue weighted by molar-refractivity contribution is 0.0686. The molecular formula is C18H29N3O. The molecule has 1 aromatic heterocycles. The minimum Gasteiger partial charge on any atom is -0.345 e. The van der Waals surface area contributed by atoms with Crippen LogP contribution in [0.3, 0.4) is 0 Å². The molecule has 2 heterocycles. The lowest BCUT2D eigenvalue weighted by atomic mass is 9.93. The van der Waals surface area contributed by atoms with Gasteiger partial charge in [-0.25, -0.2) is 0 Å². The first-order valence-electron chi connectivity index (χ1n) is 8.74. The maximum Gasteiger partial charge on any atom is 0.255 e. The number of nitrogens with one attached hydrogen (secondary N) is 1. The fourth-order valence-corrected chi connectivity index (χ4v) is 3.83. The molecule has 1 saturated heterocycles. The average Bonchev–Trinajstić information content (AvgIpc) is 3.31. The van der Waals surface area contributed by atoms with Crippen molar-refractivity contribution in [2.24, 2.45) is 5.92 Å². The maximum absolute atomic E-state index is 12.9. The molecule has 4 heteroatoms. The number of piperidine rings is 1. The van der Waals surface area contributed by atoms with Gasteiger partial charge < -0.3 is 14.8 Å². The molecule has 0 unspecified atom stereocenters. The van der Waals surface area contributed by atoms with E-state index >= 15 is 0 Å². The molecule has 2 aliphatic rings. The van der Waals surface area contributed by atoms with Crippen LogP contribution in [0.5, 0.6) is 0 Å². The second kappa shape index (κ2) is 6.45. The number of nitrogens with zero attached hydrogens (tertiary/aromatic N) is 2. The van der Waals surface area contributed by atoms with Crippen molar-refractivity contribution < 1.29 is 4.79 Å². The van der Waals surface area contributed by atoms with Gasteiger partial charge in [0.25, 0.3) is 5.91 Å². The van der Waals surface area contributed by atoms with Crippen LogP contribution in [0.25, 0.3) is 0 Å². The minimum absolute atomic E-state index is 0.243. The number of aromatic nitrogens is 1. The Morgan fingerprint density at radius 1 is 1.23 bits per heavy atom. The number of carbonyl (C=O) groups excluding carboxylic acids is 1. The van der Waals surface area contributed by atoms with Gasteiger partial charge in [-0.2, -0.15) is 0 Å². The molecule has 0 spiro atoms. The quantitative estimate of drug-likeness (QED) is 0.908. The van der Waals surface area contributed by atoms with Gasteiger partial charge in [-0.3, -0.25) is 4.79 Å². The fraction of sp³-hybridized carbons (Fsp3) is 0.722. The van der Waals surface area contributed by atoms with Gasteiger partial charge in [0.05, 0.1) is 5.56 Å². The summed E-state index contributed by atoms with van der Waals surface area (Å²) in [5, 5.41) is 3.22. The molecule has 0 bridgehead atoms. The highest BCUT2D eigenvalue weighted by molar-refractivity contribution is 5.95. The van der Waals surface area contributed by atoms with Crippen molar-refractivity contribution in [1.82, 2.24) is 14.8 Å². The minimum atomic E-state index is 0.243. The highest BCUT2D eigenvalue weighted by Crippen LogP contribution is 2.38. The number of aryl methyl sites for hydroxylation is 1. The normalized spacial score (nSPS) is 19.7. The molecule has 122 valence electrons. The monoisotopic (exact) mass is 303 g/mol. The third-order valence-corrected chi connectivity index (χ3v) is 5.33. The van der Waals surface area contributed by atoms with Gasteiger partial charge in [0.15, 0.2) is 0 Å². The van der Waals surface area contributed by atoms with Gasteiger partial charge in [0, 0.05) is 30.5 Å². The van der Waals surface area contributed by atoms with Crippen molar-refractivity contribution >= 4 is 5.91 Å². The molecule has 1 aliphatic carbocycles. The average molecular weight is 303 g/mol. The first kappa shape index (κ1) is 15.6. The van der Waals surface area contributed by atoms with Gasteiger partial charge >= 0.3 is 0 Å².